The number of amides is 3. The number of piperidine rings is 1. The van der Waals surface area contributed by atoms with Gasteiger partial charge in [0.2, 0.25) is 5.91 Å². The summed E-state index contributed by atoms with van der Waals surface area (Å²) in [4.78, 5) is 27.7. The summed E-state index contributed by atoms with van der Waals surface area (Å²) in [7, 11) is 0. The summed E-state index contributed by atoms with van der Waals surface area (Å²) in [5, 5.41) is 2.84. The molecule has 9 heteroatoms. The number of para-hydroxylation sites is 1. The highest BCUT2D eigenvalue weighted by Crippen LogP contribution is 2.47. The lowest BCUT2D eigenvalue weighted by molar-refractivity contribution is -0.137. The van der Waals surface area contributed by atoms with E-state index in [4.69, 9.17) is 0 Å². The number of hydrogen-bond acceptors (Lipinski definition) is 3. The summed E-state index contributed by atoms with van der Waals surface area (Å²) in [5.41, 5.74) is 0.167. The number of thioether (sulfide) groups is 1. The number of nitrogens with one attached hydrogen (secondary N) is 1. The molecule has 30 heavy (non-hydrogen) atoms. The molecular weight excluding hydrogens is 415 g/mol. The molecule has 1 N–H and O–H groups in total. The zero-order chi connectivity index (χ0) is 21.4. The largest absolute Gasteiger partial charge is 0.416 e. The fourth-order valence-electron chi connectivity index (χ4n) is 3.90. The summed E-state index contributed by atoms with van der Waals surface area (Å²) in [6.45, 7) is 0.822. The number of likely N-dealkylation sites (tertiary alicyclic amines) is 1. The van der Waals surface area contributed by atoms with Crippen LogP contribution in [0.4, 0.5) is 29.3 Å². The van der Waals surface area contributed by atoms with Crippen molar-refractivity contribution in [2.24, 2.45) is 0 Å². The van der Waals surface area contributed by atoms with E-state index in [0.29, 0.717) is 31.6 Å². The number of halogens is 3. The molecule has 4 rings (SSSR count). The average Bonchev–Trinajstić information content (AvgIpc) is 3.04. The maximum absolute atomic E-state index is 13.1. The highest BCUT2D eigenvalue weighted by Gasteiger charge is 2.49. The minimum absolute atomic E-state index is 0.207. The van der Waals surface area contributed by atoms with Gasteiger partial charge in [-0.3, -0.25) is 9.69 Å². The van der Waals surface area contributed by atoms with Gasteiger partial charge in [0.15, 0.2) is 0 Å². The molecule has 2 saturated heterocycles. The number of carbonyl (C=O) groups is 2. The molecule has 0 bridgehead atoms. The minimum atomic E-state index is -4.47. The lowest BCUT2D eigenvalue weighted by Crippen LogP contribution is -2.53. The van der Waals surface area contributed by atoms with Crippen LogP contribution < -0.4 is 10.2 Å². The van der Waals surface area contributed by atoms with Crippen LogP contribution >= 0.6 is 11.8 Å². The van der Waals surface area contributed by atoms with E-state index in [0.717, 1.165) is 12.1 Å². The van der Waals surface area contributed by atoms with Gasteiger partial charge in [-0.15, -0.1) is 11.8 Å². The third-order valence-electron chi connectivity index (χ3n) is 5.41. The zero-order valence-electron chi connectivity index (χ0n) is 16.0. The van der Waals surface area contributed by atoms with Crippen molar-refractivity contribution in [1.29, 1.82) is 0 Å². The van der Waals surface area contributed by atoms with E-state index in [1.807, 2.05) is 18.2 Å². The number of rotatable bonds is 2. The number of nitrogens with zero attached hydrogens (tertiary/aromatic N) is 2. The first kappa shape index (κ1) is 20.6. The number of alkyl halides is 3. The Bertz CT molecular complexity index is 944. The second-order valence-electron chi connectivity index (χ2n) is 7.30. The Hall–Kier alpha value is -2.68. The van der Waals surface area contributed by atoms with Crippen molar-refractivity contribution in [2.75, 3.05) is 29.1 Å². The maximum Gasteiger partial charge on any atom is 0.416 e. The van der Waals surface area contributed by atoms with Crippen molar-refractivity contribution in [2.45, 2.75) is 23.9 Å². The molecule has 2 aliphatic rings. The molecule has 0 saturated carbocycles. The lowest BCUT2D eigenvalue weighted by Gasteiger charge is -2.44. The van der Waals surface area contributed by atoms with Crippen LogP contribution in [0.1, 0.15) is 18.4 Å². The SMILES string of the molecule is O=C(Nc1ccccc1)N1CCC2(CC1)SCC(=O)N2c1cccc(C(F)(F)F)c1. The predicted octanol–water partition coefficient (Wildman–Crippen LogP) is 4.81. The Morgan fingerprint density at radius 3 is 2.40 bits per heavy atom. The Kier molecular flexibility index (Phi) is 5.40. The molecule has 2 aromatic rings. The number of carbonyl (C=O) groups excluding carboxylic acids is 2. The lowest BCUT2D eigenvalue weighted by atomic mass is 10.0. The predicted molar refractivity (Wildman–Crippen MR) is 110 cm³/mol. The Labute approximate surface area is 176 Å². The third-order valence-corrected chi connectivity index (χ3v) is 6.93. The third kappa shape index (κ3) is 3.98. The number of benzene rings is 2. The van der Waals surface area contributed by atoms with E-state index in [9.17, 15) is 22.8 Å². The first-order chi connectivity index (χ1) is 14.3. The monoisotopic (exact) mass is 435 g/mol. The van der Waals surface area contributed by atoms with Crippen LogP contribution in [0, 0.1) is 0 Å². The van der Waals surface area contributed by atoms with Crippen LogP contribution in [0.5, 0.6) is 0 Å². The van der Waals surface area contributed by atoms with Crippen molar-refractivity contribution in [1.82, 2.24) is 4.90 Å². The van der Waals surface area contributed by atoms with E-state index in [2.05, 4.69) is 5.32 Å². The molecule has 0 radical (unpaired) electrons. The van der Waals surface area contributed by atoms with Gasteiger partial charge in [-0.2, -0.15) is 13.2 Å². The number of anilines is 2. The van der Waals surface area contributed by atoms with E-state index >= 15 is 0 Å². The highest BCUT2D eigenvalue weighted by atomic mass is 32.2. The van der Waals surface area contributed by atoms with Crippen LogP contribution in [0.25, 0.3) is 0 Å². The van der Waals surface area contributed by atoms with Gasteiger partial charge in [0.1, 0.15) is 0 Å². The molecule has 0 aromatic heterocycles. The first-order valence-electron chi connectivity index (χ1n) is 9.54. The smallest absolute Gasteiger partial charge is 0.324 e. The van der Waals surface area contributed by atoms with Gasteiger partial charge in [0.05, 0.1) is 16.2 Å². The molecule has 2 fully saturated rings. The molecule has 1 spiro atoms. The average molecular weight is 435 g/mol. The van der Waals surface area contributed by atoms with Gasteiger partial charge < -0.3 is 10.2 Å². The van der Waals surface area contributed by atoms with Gasteiger partial charge in [-0.1, -0.05) is 24.3 Å². The van der Waals surface area contributed by atoms with Gasteiger partial charge in [0, 0.05) is 24.5 Å². The molecular formula is C21H20F3N3O2S. The topological polar surface area (TPSA) is 52.7 Å². The summed E-state index contributed by atoms with van der Waals surface area (Å²) in [5.74, 6) is 0.00781. The van der Waals surface area contributed by atoms with Crippen LogP contribution in [0.15, 0.2) is 54.6 Å². The molecule has 3 amide bonds. The molecule has 2 heterocycles. The van der Waals surface area contributed by atoms with Gasteiger partial charge >= 0.3 is 12.2 Å². The maximum atomic E-state index is 13.1. The molecule has 158 valence electrons. The van der Waals surface area contributed by atoms with Crippen molar-refractivity contribution < 1.29 is 22.8 Å². The van der Waals surface area contributed by atoms with E-state index < -0.39 is 16.6 Å². The van der Waals surface area contributed by atoms with Crippen LogP contribution in [0.2, 0.25) is 0 Å². The highest BCUT2D eigenvalue weighted by molar-refractivity contribution is 8.02. The molecule has 0 aliphatic carbocycles. The van der Waals surface area contributed by atoms with E-state index in [1.165, 1.54) is 28.8 Å². The fourth-order valence-corrected chi connectivity index (χ4v) is 5.23. The van der Waals surface area contributed by atoms with E-state index in [1.54, 1.807) is 17.0 Å². The van der Waals surface area contributed by atoms with Crippen LogP contribution in [0.3, 0.4) is 0 Å². The van der Waals surface area contributed by atoms with Crippen molar-refractivity contribution in [3.63, 3.8) is 0 Å². The van der Waals surface area contributed by atoms with Gasteiger partial charge in [-0.25, -0.2) is 4.79 Å². The van der Waals surface area contributed by atoms with Gasteiger partial charge in [0.25, 0.3) is 0 Å². The molecule has 0 atom stereocenters. The fraction of sp³-hybridized carbons (Fsp3) is 0.333. The Morgan fingerprint density at radius 2 is 1.73 bits per heavy atom. The Morgan fingerprint density at radius 1 is 1.03 bits per heavy atom. The summed E-state index contributed by atoms with van der Waals surface area (Å²) >= 11 is 1.44. The van der Waals surface area contributed by atoms with Crippen molar-refractivity contribution in [3.8, 4) is 0 Å². The second-order valence-corrected chi connectivity index (χ2v) is 8.63. The minimum Gasteiger partial charge on any atom is -0.324 e. The molecule has 2 aromatic carbocycles. The summed E-state index contributed by atoms with van der Waals surface area (Å²) < 4.78 is 39.4. The first-order valence-corrected chi connectivity index (χ1v) is 10.5. The molecule has 5 nitrogen and oxygen atoms in total. The molecule has 2 aliphatic heterocycles. The van der Waals surface area contributed by atoms with Crippen LogP contribution in [-0.4, -0.2) is 40.6 Å². The number of hydrogen-bond donors (Lipinski definition) is 1. The van der Waals surface area contributed by atoms with Crippen molar-refractivity contribution >= 4 is 35.1 Å². The molecule has 0 unspecified atom stereocenters. The normalized spacial score (nSPS) is 18.7. The zero-order valence-corrected chi connectivity index (χ0v) is 16.8. The van der Waals surface area contributed by atoms with Crippen LogP contribution in [-0.2, 0) is 11.0 Å². The number of urea groups is 1. The quantitative estimate of drug-likeness (QED) is 0.737. The van der Waals surface area contributed by atoms with Crippen molar-refractivity contribution in [3.05, 3.63) is 60.2 Å². The van der Waals surface area contributed by atoms with Gasteiger partial charge in [-0.05, 0) is 43.2 Å². The standard InChI is InChI=1S/C21H20F3N3O2S/c22-21(23,24)15-5-4-8-17(13-15)27-18(28)14-30-20(27)9-11-26(12-10-20)19(29)25-16-6-2-1-3-7-16/h1-8,13H,9-12,14H2,(H,25,29). The summed E-state index contributed by atoms with van der Waals surface area (Å²) in [6.07, 6.45) is -3.50. The second kappa shape index (κ2) is 7.86. The van der Waals surface area contributed by atoms with E-state index in [-0.39, 0.29) is 23.4 Å². The summed E-state index contributed by atoms with van der Waals surface area (Å²) in [6, 6.07) is 13.8. The Balaban J connectivity index is 1.50.